The minimum atomic E-state index is 0.875. The molecule has 2 heterocycles. The van der Waals surface area contributed by atoms with E-state index in [0.29, 0.717) is 0 Å². The van der Waals surface area contributed by atoms with Crippen LogP contribution in [0, 0.1) is 0 Å². The Kier molecular flexibility index (Phi) is 6.76. The molecule has 11 rings (SSSR count). The minimum Gasteiger partial charge on any atom is -0.455 e. The van der Waals surface area contributed by atoms with Crippen molar-refractivity contribution in [1.82, 2.24) is 0 Å². The molecule has 11 aromatic rings. The van der Waals surface area contributed by atoms with Crippen LogP contribution in [0.15, 0.2) is 192 Å². The molecule has 2 aromatic heterocycles. The second kappa shape index (κ2) is 11.9. The topological polar surface area (TPSA) is 16.4 Å². The van der Waals surface area contributed by atoms with Crippen LogP contribution in [-0.2, 0) is 0 Å². The molecule has 3 heteroatoms. The summed E-state index contributed by atoms with van der Waals surface area (Å²) in [7, 11) is 0. The zero-order valence-electron chi connectivity index (χ0n) is 28.7. The van der Waals surface area contributed by atoms with Gasteiger partial charge in [-0.1, -0.05) is 133 Å². The maximum atomic E-state index is 6.66. The molecule has 0 aliphatic carbocycles. The molecule has 0 aliphatic heterocycles. The Hall–Kier alpha value is -6.68. The Balaban J connectivity index is 1.08. The Morgan fingerprint density at radius 2 is 1.06 bits per heavy atom. The Morgan fingerprint density at radius 3 is 1.89 bits per heavy atom. The highest BCUT2D eigenvalue weighted by molar-refractivity contribution is 7.26. The van der Waals surface area contributed by atoms with Crippen LogP contribution in [0.4, 0.5) is 17.1 Å². The smallest absolute Gasteiger partial charge is 0.143 e. The minimum absolute atomic E-state index is 0.875. The van der Waals surface area contributed by atoms with E-state index < -0.39 is 0 Å². The first-order chi connectivity index (χ1) is 26.3. The van der Waals surface area contributed by atoms with Gasteiger partial charge in [0.05, 0.1) is 11.1 Å². The molecule has 0 N–H and O–H groups in total. The fraction of sp³-hybridized carbons (Fsp3) is 0. The van der Waals surface area contributed by atoms with Gasteiger partial charge in [0, 0.05) is 42.3 Å². The highest BCUT2D eigenvalue weighted by atomic mass is 32.1. The second-order valence-corrected chi connectivity index (χ2v) is 14.7. The molecular formula is C50H31NOS. The van der Waals surface area contributed by atoms with Gasteiger partial charge in [-0.15, -0.1) is 11.3 Å². The van der Waals surface area contributed by atoms with Gasteiger partial charge in [-0.2, -0.15) is 0 Å². The summed E-state index contributed by atoms with van der Waals surface area (Å²) in [6, 6.07) is 67.9. The highest BCUT2D eigenvalue weighted by Crippen LogP contribution is 2.46. The number of rotatable bonds is 5. The lowest BCUT2D eigenvalue weighted by Gasteiger charge is -2.26. The molecule has 0 aliphatic rings. The van der Waals surface area contributed by atoms with Crippen molar-refractivity contribution < 1.29 is 4.42 Å². The summed E-state index contributed by atoms with van der Waals surface area (Å²) < 4.78 is 9.30. The molecular weight excluding hydrogens is 663 g/mol. The highest BCUT2D eigenvalue weighted by Gasteiger charge is 2.21. The van der Waals surface area contributed by atoms with Gasteiger partial charge in [-0.25, -0.2) is 0 Å². The molecule has 248 valence electrons. The summed E-state index contributed by atoms with van der Waals surface area (Å²) in [5.41, 5.74) is 9.89. The van der Waals surface area contributed by atoms with E-state index in [4.69, 9.17) is 4.42 Å². The van der Waals surface area contributed by atoms with Crippen LogP contribution in [0.2, 0.25) is 0 Å². The van der Waals surface area contributed by atoms with Crippen molar-refractivity contribution in [2.75, 3.05) is 4.90 Å². The SMILES string of the molecule is c1ccc2cc(-c3ccc(N(c4ccc(-c5cccc6c5sc5ccccc56)cc4)c4cccc5oc6c7ccccc7ccc6c45)cc3)ccc2c1. The standard InChI is InChI=1S/C50H31NOS/c1-2-11-36-31-37(20-19-32(36)9-1)33-21-26-38(27-22-33)51(45-16-8-17-46-48(45)44-30-25-34-10-3-4-12-40(34)49(44)52-46)39-28-23-35(24-29-39)41-14-7-15-43-42-13-5-6-18-47(42)53-50(41)43/h1-31H. The number of fused-ring (bicyclic) bond motifs is 9. The number of thiophene rings is 1. The Bertz CT molecular complexity index is 3170. The van der Waals surface area contributed by atoms with Crippen LogP contribution in [0.1, 0.15) is 0 Å². The number of benzene rings is 9. The van der Waals surface area contributed by atoms with Crippen molar-refractivity contribution in [2.24, 2.45) is 0 Å². The van der Waals surface area contributed by atoms with Crippen LogP contribution >= 0.6 is 11.3 Å². The predicted octanol–water partition coefficient (Wildman–Crippen LogP) is 15.1. The van der Waals surface area contributed by atoms with Crippen molar-refractivity contribution in [3.05, 3.63) is 188 Å². The van der Waals surface area contributed by atoms with Crippen molar-refractivity contribution in [2.45, 2.75) is 0 Å². The van der Waals surface area contributed by atoms with E-state index in [-0.39, 0.29) is 0 Å². The molecule has 2 nitrogen and oxygen atoms in total. The van der Waals surface area contributed by atoms with Crippen LogP contribution in [-0.4, -0.2) is 0 Å². The first kappa shape index (κ1) is 30.0. The second-order valence-electron chi connectivity index (χ2n) is 13.7. The summed E-state index contributed by atoms with van der Waals surface area (Å²) in [4.78, 5) is 2.38. The number of nitrogens with zero attached hydrogens (tertiary/aromatic N) is 1. The maximum Gasteiger partial charge on any atom is 0.143 e. The van der Waals surface area contributed by atoms with Crippen molar-refractivity contribution in [3.63, 3.8) is 0 Å². The average molecular weight is 694 g/mol. The van der Waals surface area contributed by atoms with Crippen LogP contribution in [0.25, 0.3) is 85.9 Å². The third-order valence-corrected chi connectivity index (χ3v) is 11.9. The van der Waals surface area contributed by atoms with Gasteiger partial charge in [0.15, 0.2) is 0 Å². The maximum absolute atomic E-state index is 6.66. The molecule has 0 saturated carbocycles. The quantitative estimate of drug-likeness (QED) is 0.178. The van der Waals surface area contributed by atoms with Crippen molar-refractivity contribution >= 4 is 92.1 Å². The zero-order chi connectivity index (χ0) is 34.9. The van der Waals surface area contributed by atoms with E-state index in [0.717, 1.165) is 44.4 Å². The fourth-order valence-electron chi connectivity index (χ4n) is 8.09. The predicted molar refractivity (Wildman–Crippen MR) is 227 cm³/mol. The summed E-state index contributed by atoms with van der Waals surface area (Å²) in [5, 5.41) is 9.63. The lowest BCUT2D eigenvalue weighted by Crippen LogP contribution is -2.10. The molecule has 9 aromatic carbocycles. The van der Waals surface area contributed by atoms with Gasteiger partial charge in [0.1, 0.15) is 11.2 Å². The molecule has 0 fully saturated rings. The van der Waals surface area contributed by atoms with Crippen LogP contribution in [0.5, 0.6) is 0 Å². The van der Waals surface area contributed by atoms with Crippen molar-refractivity contribution in [1.29, 1.82) is 0 Å². The lowest BCUT2D eigenvalue weighted by molar-refractivity contribution is 0.672. The van der Waals surface area contributed by atoms with Crippen molar-refractivity contribution in [3.8, 4) is 22.3 Å². The van der Waals surface area contributed by atoms with Gasteiger partial charge < -0.3 is 9.32 Å². The van der Waals surface area contributed by atoms with Gasteiger partial charge in [0.2, 0.25) is 0 Å². The molecule has 0 saturated heterocycles. The van der Waals surface area contributed by atoms with Gasteiger partial charge in [0.25, 0.3) is 0 Å². The first-order valence-corrected chi connectivity index (χ1v) is 18.8. The summed E-state index contributed by atoms with van der Waals surface area (Å²) in [6.07, 6.45) is 0. The fourth-order valence-corrected chi connectivity index (χ4v) is 9.32. The molecule has 0 atom stereocenters. The Labute approximate surface area is 310 Å². The molecule has 0 spiro atoms. The number of anilines is 3. The largest absolute Gasteiger partial charge is 0.455 e. The van der Waals surface area contributed by atoms with E-state index >= 15 is 0 Å². The number of hydrogen-bond donors (Lipinski definition) is 0. The van der Waals surface area contributed by atoms with Crippen LogP contribution in [0.3, 0.4) is 0 Å². The molecule has 0 amide bonds. The summed E-state index contributed by atoms with van der Waals surface area (Å²) in [5.74, 6) is 0. The average Bonchev–Trinajstić information content (AvgIpc) is 3.81. The summed E-state index contributed by atoms with van der Waals surface area (Å²) >= 11 is 1.87. The van der Waals surface area contributed by atoms with Gasteiger partial charge in [-0.3, -0.25) is 0 Å². The Morgan fingerprint density at radius 1 is 0.415 bits per heavy atom. The normalized spacial score (nSPS) is 11.8. The molecule has 0 unspecified atom stereocenters. The third-order valence-electron chi connectivity index (χ3n) is 10.7. The van der Waals surface area contributed by atoms with E-state index in [1.165, 1.54) is 58.6 Å². The number of furan rings is 1. The molecule has 0 bridgehead atoms. The van der Waals surface area contributed by atoms with E-state index in [9.17, 15) is 0 Å². The zero-order valence-corrected chi connectivity index (χ0v) is 29.5. The van der Waals surface area contributed by atoms with Gasteiger partial charge in [-0.05, 0) is 93.0 Å². The number of hydrogen-bond acceptors (Lipinski definition) is 3. The van der Waals surface area contributed by atoms with E-state index in [1.807, 2.05) is 11.3 Å². The van der Waals surface area contributed by atoms with E-state index in [1.54, 1.807) is 0 Å². The summed E-state index contributed by atoms with van der Waals surface area (Å²) in [6.45, 7) is 0. The monoisotopic (exact) mass is 693 g/mol. The molecule has 0 radical (unpaired) electrons. The van der Waals surface area contributed by atoms with Gasteiger partial charge >= 0.3 is 0 Å². The third kappa shape index (κ3) is 4.86. The lowest BCUT2D eigenvalue weighted by atomic mass is 10.00. The molecule has 53 heavy (non-hydrogen) atoms. The van der Waals surface area contributed by atoms with Crippen LogP contribution < -0.4 is 4.90 Å². The van der Waals surface area contributed by atoms with E-state index in [2.05, 4.69) is 193 Å². The first-order valence-electron chi connectivity index (χ1n) is 18.0.